The van der Waals surface area contributed by atoms with Crippen molar-refractivity contribution in [2.75, 3.05) is 8.61 Å². The van der Waals surface area contributed by atoms with Crippen molar-refractivity contribution in [3.8, 4) is 12.1 Å². The molecular weight excluding hydrogens is 777 g/mol. The summed E-state index contributed by atoms with van der Waals surface area (Å²) < 4.78 is 62.2. The summed E-state index contributed by atoms with van der Waals surface area (Å²) >= 11 is 3.06. The molecule has 12 heteroatoms. The van der Waals surface area contributed by atoms with Crippen LogP contribution in [0.5, 0.6) is 0 Å². The fraction of sp³-hybridized carbons (Fsp3) is 0.136. The Morgan fingerprint density at radius 2 is 0.857 bits per heavy atom. The molecule has 0 spiro atoms. The number of hydrogen-bond acceptors (Lipinski definition) is 8. The van der Waals surface area contributed by atoms with Crippen molar-refractivity contribution in [1.29, 1.82) is 10.5 Å². The van der Waals surface area contributed by atoms with E-state index in [0.29, 0.717) is 34.0 Å². The lowest BCUT2D eigenvalue weighted by Gasteiger charge is -2.30. The van der Waals surface area contributed by atoms with E-state index in [9.17, 15) is 27.4 Å². The molecule has 0 unspecified atom stereocenters. The number of fused-ring (bicyclic) bond motifs is 4. The maximum absolute atomic E-state index is 14.9. The maximum Gasteiger partial charge on any atom is 0.264 e. The molecule has 0 atom stereocenters. The summed E-state index contributed by atoms with van der Waals surface area (Å²) in [7, 11) is -8.50. The average molecular weight is 813 g/mol. The van der Waals surface area contributed by atoms with Gasteiger partial charge >= 0.3 is 0 Å². The van der Waals surface area contributed by atoms with Crippen LogP contribution >= 0.6 is 23.5 Å². The summed E-state index contributed by atoms with van der Waals surface area (Å²) in [6, 6.07) is 43.1. The van der Waals surface area contributed by atoms with Gasteiger partial charge in [-0.2, -0.15) is 10.5 Å². The Morgan fingerprint density at radius 1 is 0.500 bits per heavy atom. The third kappa shape index (κ3) is 7.93. The zero-order valence-electron chi connectivity index (χ0n) is 30.6. The van der Waals surface area contributed by atoms with Crippen LogP contribution in [-0.2, 0) is 44.6 Å². The highest BCUT2D eigenvalue weighted by molar-refractivity contribution is 7.99. The van der Waals surface area contributed by atoms with E-state index in [2.05, 4.69) is 24.3 Å². The molecule has 1 heterocycles. The number of para-hydroxylation sites is 2. The van der Waals surface area contributed by atoms with Crippen LogP contribution in [-0.4, -0.2) is 16.8 Å². The first-order valence-electron chi connectivity index (χ1n) is 17.6. The lowest BCUT2D eigenvalue weighted by molar-refractivity contribution is 0.587. The Bertz CT molecular complexity index is 2550. The van der Waals surface area contributed by atoms with E-state index < -0.39 is 20.0 Å². The van der Waals surface area contributed by atoms with Gasteiger partial charge in [-0.25, -0.2) is 16.8 Å². The van der Waals surface area contributed by atoms with Crippen molar-refractivity contribution in [3.63, 3.8) is 0 Å². The lowest BCUT2D eigenvalue weighted by atomic mass is 9.99. The molecule has 0 amide bonds. The van der Waals surface area contributed by atoms with Crippen LogP contribution in [0.25, 0.3) is 0 Å². The zero-order chi connectivity index (χ0) is 39.5. The molecule has 0 saturated carbocycles. The van der Waals surface area contributed by atoms with E-state index >= 15 is 0 Å². The molecule has 6 aromatic carbocycles. The lowest BCUT2D eigenvalue weighted by Crippen LogP contribution is -2.34. The van der Waals surface area contributed by atoms with Crippen molar-refractivity contribution in [2.24, 2.45) is 0 Å². The van der Waals surface area contributed by atoms with Crippen molar-refractivity contribution < 1.29 is 16.8 Å². The molecule has 56 heavy (non-hydrogen) atoms. The predicted molar refractivity (Wildman–Crippen MR) is 223 cm³/mol. The van der Waals surface area contributed by atoms with Gasteiger partial charge in [-0.15, -0.1) is 23.5 Å². The second-order valence-electron chi connectivity index (χ2n) is 13.3. The number of nitrogens with zero attached hydrogens (tertiary/aromatic N) is 4. The first-order valence-corrected chi connectivity index (χ1v) is 22.5. The van der Waals surface area contributed by atoms with Crippen LogP contribution in [0.2, 0.25) is 0 Å². The summed E-state index contributed by atoms with van der Waals surface area (Å²) in [5.74, 6) is 1.09. The number of sulfonamides is 2. The van der Waals surface area contributed by atoms with E-state index in [1.165, 1.54) is 44.3 Å². The molecule has 7 rings (SSSR count). The van der Waals surface area contributed by atoms with Gasteiger partial charge in [0.15, 0.2) is 0 Å². The summed E-state index contributed by atoms with van der Waals surface area (Å²) in [5.41, 5.74) is 5.64. The number of anilines is 2. The first kappa shape index (κ1) is 38.8. The minimum atomic E-state index is -4.25. The molecule has 0 bridgehead atoms. The van der Waals surface area contributed by atoms with Gasteiger partial charge in [-0.1, -0.05) is 83.9 Å². The molecular formula is C44H36N4O4S4. The van der Waals surface area contributed by atoms with Crippen LogP contribution in [0.3, 0.4) is 0 Å². The van der Waals surface area contributed by atoms with Gasteiger partial charge in [-0.3, -0.25) is 8.61 Å². The summed E-state index contributed by atoms with van der Waals surface area (Å²) in [6.45, 7) is 3.25. The monoisotopic (exact) mass is 812 g/mol. The number of nitriles is 2. The SMILES string of the molecule is Cc1ccc(S(=O)(=O)N2Cc3cc(C#N)c(C#N)cc3CN(S(=O)(=O)c3ccc(C)cc3)c3ccccc3SCc3ccccc3CSc3ccccc32)cc1. The highest BCUT2D eigenvalue weighted by Crippen LogP contribution is 2.41. The third-order valence-electron chi connectivity index (χ3n) is 9.58. The second-order valence-corrected chi connectivity index (χ2v) is 19.1. The maximum atomic E-state index is 14.9. The van der Waals surface area contributed by atoms with Crippen LogP contribution in [0.4, 0.5) is 11.4 Å². The first-order chi connectivity index (χ1) is 27.0. The van der Waals surface area contributed by atoms with Crippen molar-refractivity contribution >= 4 is 54.9 Å². The third-order valence-corrected chi connectivity index (χ3v) is 15.4. The van der Waals surface area contributed by atoms with Crippen LogP contribution in [0.15, 0.2) is 153 Å². The fourth-order valence-corrected chi connectivity index (χ4v) is 11.7. The van der Waals surface area contributed by atoms with Gasteiger partial charge in [0.25, 0.3) is 20.0 Å². The number of benzene rings is 6. The molecule has 0 aromatic heterocycles. The van der Waals surface area contributed by atoms with Gasteiger partial charge in [0, 0.05) is 21.3 Å². The molecule has 6 aromatic rings. The largest absolute Gasteiger partial charge is 0.264 e. The number of rotatable bonds is 4. The molecule has 0 aliphatic carbocycles. The minimum Gasteiger partial charge on any atom is -0.261 e. The molecule has 1 aliphatic heterocycles. The van der Waals surface area contributed by atoms with Gasteiger partial charge in [0.1, 0.15) is 12.1 Å². The smallest absolute Gasteiger partial charge is 0.261 e. The van der Waals surface area contributed by atoms with Gasteiger partial charge < -0.3 is 0 Å². The average Bonchev–Trinajstić information content (AvgIpc) is 3.21. The Kier molecular flexibility index (Phi) is 11.3. The predicted octanol–water partition coefficient (Wildman–Crippen LogP) is 9.74. The van der Waals surface area contributed by atoms with Crippen LogP contribution < -0.4 is 8.61 Å². The number of hydrogen-bond donors (Lipinski definition) is 0. The quantitative estimate of drug-likeness (QED) is 0.173. The van der Waals surface area contributed by atoms with Crippen molar-refractivity contribution in [1.82, 2.24) is 0 Å². The Hall–Kier alpha value is -5.50. The second kappa shape index (κ2) is 16.3. The van der Waals surface area contributed by atoms with E-state index in [-0.39, 0.29) is 34.0 Å². The van der Waals surface area contributed by atoms with E-state index in [0.717, 1.165) is 32.0 Å². The summed E-state index contributed by atoms with van der Waals surface area (Å²) in [4.78, 5) is 1.60. The van der Waals surface area contributed by atoms with E-state index in [4.69, 9.17) is 0 Å². The molecule has 280 valence electrons. The zero-order valence-corrected chi connectivity index (χ0v) is 33.9. The highest BCUT2D eigenvalue weighted by Gasteiger charge is 2.32. The summed E-state index contributed by atoms with van der Waals surface area (Å²) in [6.07, 6.45) is 0. The topological polar surface area (TPSA) is 122 Å². The van der Waals surface area contributed by atoms with Gasteiger partial charge in [-0.05, 0) is 96.8 Å². The van der Waals surface area contributed by atoms with Crippen molar-refractivity contribution in [3.05, 3.63) is 178 Å². The summed E-state index contributed by atoms with van der Waals surface area (Å²) in [5, 5.41) is 20.4. The van der Waals surface area contributed by atoms with E-state index in [1.54, 1.807) is 72.8 Å². The molecule has 0 N–H and O–H groups in total. The standard InChI is InChI=1S/C44H36N4O4S4/c1-31-15-19-39(20-16-31)55(49,50)47-27-37-23-35(25-45)36(26-46)24-38(37)28-48(56(51,52)40-21-17-32(2)18-22-40)42-12-6-8-14-44(42)54-30-34-10-4-3-9-33(34)29-53-43-13-7-5-11-41(43)47/h3-24H,27-30H2,1-2H3. The van der Waals surface area contributed by atoms with Gasteiger partial charge in [0.2, 0.25) is 0 Å². The highest BCUT2D eigenvalue weighted by atomic mass is 32.2. The molecule has 0 fully saturated rings. The van der Waals surface area contributed by atoms with Crippen LogP contribution in [0.1, 0.15) is 44.5 Å². The Labute approximate surface area is 337 Å². The molecule has 8 nitrogen and oxygen atoms in total. The van der Waals surface area contributed by atoms with E-state index in [1.807, 2.05) is 50.2 Å². The normalized spacial score (nSPS) is 13.6. The van der Waals surface area contributed by atoms with Crippen LogP contribution in [0, 0.1) is 36.5 Å². The molecule has 0 saturated heterocycles. The number of thioether (sulfide) groups is 2. The van der Waals surface area contributed by atoms with Crippen molar-refractivity contribution in [2.45, 2.75) is 58.0 Å². The van der Waals surface area contributed by atoms with Gasteiger partial charge in [0.05, 0.1) is 45.4 Å². The fourth-order valence-electron chi connectivity index (χ4n) is 6.47. The molecule has 1 aliphatic rings. The Balaban J connectivity index is 1.51. The number of aryl methyl sites for hydroxylation is 2. The Morgan fingerprint density at radius 3 is 1.23 bits per heavy atom. The minimum absolute atomic E-state index is 0.0523. The molecule has 0 radical (unpaired) electrons.